The highest BCUT2D eigenvalue weighted by Crippen LogP contribution is 2.47. The number of fused-ring (bicyclic) bond motifs is 3. The van der Waals surface area contributed by atoms with E-state index in [1.165, 1.54) is 43.4 Å². The molecule has 0 fully saturated rings. The number of nitrogens with zero attached hydrogens (tertiary/aromatic N) is 2. The lowest BCUT2D eigenvalue weighted by Gasteiger charge is -2.28. The molecule has 0 aliphatic rings. The number of halogens is 1. The topological polar surface area (TPSA) is 8.17 Å². The Morgan fingerprint density at radius 3 is 1.82 bits per heavy atom. The lowest BCUT2D eigenvalue weighted by atomic mass is 9.93. The SMILES string of the molecule is Clc1cc(N(c2ccc(-c3ccccc3)cc2)c2ccc3ccc4cccc5ccc2c3c45)cc2c1c1ccccc1n2-c1ccccc1. The summed E-state index contributed by atoms with van der Waals surface area (Å²) in [5.41, 5.74) is 8.84. The molecule has 3 heteroatoms. The lowest BCUT2D eigenvalue weighted by Crippen LogP contribution is -2.11. The molecule has 10 rings (SSSR count). The number of hydrogen-bond acceptors (Lipinski definition) is 1. The molecule has 1 aromatic heterocycles. The van der Waals surface area contributed by atoms with Crippen molar-refractivity contribution in [3.63, 3.8) is 0 Å². The summed E-state index contributed by atoms with van der Waals surface area (Å²) in [5.74, 6) is 0. The average molecular weight is 645 g/mol. The molecule has 0 amide bonds. The van der Waals surface area contributed by atoms with Gasteiger partial charge in [0.1, 0.15) is 0 Å². The average Bonchev–Trinajstić information content (AvgIpc) is 3.50. The van der Waals surface area contributed by atoms with Gasteiger partial charge >= 0.3 is 0 Å². The molecular formula is C46H29ClN2. The smallest absolute Gasteiger partial charge is 0.0576 e. The monoisotopic (exact) mass is 644 g/mol. The molecule has 0 atom stereocenters. The van der Waals surface area contributed by atoms with E-state index in [0.717, 1.165) is 49.6 Å². The van der Waals surface area contributed by atoms with Crippen molar-refractivity contribution in [1.29, 1.82) is 0 Å². The molecule has 0 unspecified atom stereocenters. The molecule has 0 bridgehead atoms. The first kappa shape index (κ1) is 28.0. The van der Waals surface area contributed by atoms with Gasteiger partial charge in [0.15, 0.2) is 0 Å². The van der Waals surface area contributed by atoms with Gasteiger partial charge in [0.05, 0.1) is 21.7 Å². The Kier molecular flexibility index (Phi) is 6.27. The fourth-order valence-electron chi connectivity index (χ4n) is 7.79. The molecule has 49 heavy (non-hydrogen) atoms. The second kappa shape index (κ2) is 11.0. The molecule has 0 radical (unpaired) electrons. The third kappa shape index (κ3) is 4.35. The zero-order valence-corrected chi connectivity index (χ0v) is 27.3. The van der Waals surface area contributed by atoms with E-state index in [9.17, 15) is 0 Å². The first-order chi connectivity index (χ1) is 24.2. The fourth-order valence-corrected chi connectivity index (χ4v) is 8.10. The molecule has 1 heterocycles. The Bertz CT molecular complexity index is 2800. The van der Waals surface area contributed by atoms with Crippen LogP contribution in [-0.4, -0.2) is 4.57 Å². The van der Waals surface area contributed by atoms with Gasteiger partial charge in [-0.15, -0.1) is 0 Å². The summed E-state index contributed by atoms with van der Waals surface area (Å²) in [6.07, 6.45) is 0. The van der Waals surface area contributed by atoms with E-state index in [-0.39, 0.29) is 0 Å². The van der Waals surface area contributed by atoms with Gasteiger partial charge in [-0.2, -0.15) is 0 Å². The number of anilines is 3. The summed E-state index contributed by atoms with van der Waals surface area (Å²) in [6.45, 7) is 0. The van der Waals surface area contributed by atoms with E-state index in [2.05, 4.69) is 185 Å². The van der Waals surface area contributed by atoms with Crippen LogP contribution in [0, 0.1) is 0 Å². The fraction of sp³-hybridized carbons (Fsp3) is 0. The van der Waals surface area contributed by atoms with E-state index >= 15 is 0 Å². The lowest BCUT2D eigenvalue weighted by molar-refractivity contribution is 1.18. The van der Waals surface area contributed by atoms with E-state index in [4.69, 9.17) is 11.6 Å². The summed E-state index contributed by atoms with van der Waals surface area (Å²) in [6, 6.07) is 63.1. The van der Waals surface area contributed by atoms with Crippen molar-refractivity contribution in [3.05, 3.63) is 181 Å². The van der Waals surface area contributed by atoms with Gasteiger partial charge in [-0.25, -0.2) is 0 Å². The van der Waals surface area contributed by atoms with Crippen LogP contribution in [-0.2, 0) is 0 Å². The second-order valence-corrected chi connectivity index (χ2v) is 13.1. The largest absolute Gasteiger partial charge is 0.310 e. The molecule has 0 aliphatic heterocycles. The summed E-state index contributed by atoms with van der Waals surface area (Å²) < 4.78 is 2.33. The maximum Gasteiger partial charge on any atom is 0.0576 e. The van der Waals surface area contributed by atoms with E-state index in [0.29, 0.717) is 0 Å². The van der Waals surface area contributed by atoms with Crippen molar-refractivity contribution in [2.24, 2.45) is 0 Å². The maximum absolute atomic E-state index is 7.37. The van der Waals surface area contributed by atoms with Crippen LogP contribution in [0.15, 0.2) is 176 Å². The van der Waals surface area contributed by atoms with Crippen molar-refractivity contribution < 1.29 is 0 Å². The minimum absolute atomic E-state index is 0.724. The number of para-hydroxylation sites is 2. The minimum Gasteiger partial charge on any atom is -0.310 e. The summed E-state index contributed by atoms with van der Waals surface area (Å²) in [7, 11) is 0. The van der Waals surface area contributed by atoms with Crippen molar-refractivity contribution in [1.82, 2.24) is 4.57 Å². The molecule has 0 saturated heterocycles. The Morgan fingerprint density at radius 1 is 0.408 bits per heavy atom. The Labute approximate surface area is 289 Å². The van der Waals surface area contributed by atoms with E-state index in [1.54, 1.807) is 0 Å². The van der Waals surface area contributed by atoms with Gasteiger partial charge in [-0.1, -0.05) is 139 Å². The van der Waals surface area contributed by atoms with Gasteiger partial charge in [-0.3, -0.25) is 0 Å². The molecule has 230 valence electrons. The van der Waals surface area contributed by atoms with Crippen molar-refractivity contribution in [2.45, 2.75) is 0 Å². The molecule has 9 aromatic carbocycles. The standard InChI is InChI=1S/C46H29ClN2/c47-40-28-37(29-43-46(40)38-16-7-8-17-41(38)49(43)35-14-5-2-6-15-35)48(36-24-20-31(21-25-36)30-10-3-1-4-11-30)42-27-23-34-19-18-32-12-9-13-33-22-26-39(42)45(34)44(32)33/h1-29H. The number of benzene rings is 9. The maximum atomic E-state index is 7.37. The number of aromatic nitrogens is 1. The van der Waals surface area contributed by atoms with Gasteiger partial charge in [0.2, 0.25) is 0 Å². The highest BCUT2D eigenvalue weighted by Gasteiger charge is 2.22. The van der Waals surface area contributed by atoms with E-state index in [1.807, 2.05) is 0 Å². The summed E-state index contributed by atoms with van der Waals surface area (Å²) in [5, 5.41) is 10.4. The normalized spacial score (nSPS) is 11.8. The summed E-state index contributed by atoms with van der Waals surface area (Å²) >= 11 is 7.37. The zero-order valence-electron chi connectivity index (χ0n) is 26.5. The Hall–Kier alpha value is -6.09. The van der Waals surface area contributed by atoms with Crippen LogP contribution in [0.1, 0.15) is 0 Å². The van der Waals surface area contributed by atoms with Crippen LogP contribution < -0.4 is 4.90 Å². The van der Waals surface area contributed by atoms with Crippen LogP contribution in [0.3, 0.4) is 0 Å². The van der Waals surface area contributed by atoms with Crippen LogP contribution in [0.2, 0.25) is 5.02 Å². The number of rotatable bonds is 5. The molecule has 0 saturated carbocycles. The highest BCUT2D eigenvalue weighted by molar-refractivity contribution is 6.38. The van der Waals surface area contributed by atoms with Crippen LogP contribution in [0.25, 0.3) is 70.9 Å². The molecule has 0 N–H and O–H groups in total. The van der Waals surface area contributed by atoms with Crippen molar-refractivity contribution >= 4 is 82.8 Å². The third-order valence-corrected chi connectivity index (χ3v) is 10.3. The zero-order chi connectivity index (χ0) is 32.5. The predicted molar refractivity (Wildman–Crippen MR) is 210 cm³/mol. The van der Waals surface area contributed by atoms with Gasteiger partial charge in [-0.05, 0) is 86.6 Å². The van der Waals surface area contributed by atoms with Gasteiger partial charge < -0.3 is 9.47 Å². The van der Waals surface area contributed by atoms with Crippen LogP contribution in [0.4, 0.5) is 17.1 Å². The summed E-state index contributed by atoms with van der Waals surface area (Å²) in [4.78, 5) is 2.37. The van der Waals surface area contributed by atoms with Crippen molar-refractivity contribution in [2.75, 3.05) is 4.90 Å². The number of hydrogen-bond donors (Lipinski definition) is 0. The van der Waals surface area contributed by atoms with Gasteiger partial charge in [0.25, 0.3) is 0 Å². The first-order valence-corrected chi connectivity index (χ1v) is 17.0. The highest BCUT2D eigenvalue weighted by atomic mass is 35.5. The molecule has 0 spiro atoms. The van der Waals surface area contributed by atoms with Crippen molar-refractivity contribution in [3.8, 4) is 16.8 Å². The minimum atomic E-state index is 0.724. The van der Waals surface area contributed by atoms with E-state index < -0.39 is 0 Å². The molecular weight excluding hydrogens is 616 g/mol. The van der Waals surface area contributed by atoms with Crippen LogP contribution >= 0.6 is 11.6 Å². The third-order valence-electron chi connectivity index (χ3n) is 9.96. The second-order valence-electron chi connectivity index (χ2n) is 12.7. The predicted octanol–water partition coefficient (Wildman–Crippen LogP) is 13.5. The Balaban J connectivity index is 1.27. The molecule has 0 aliphatic carbocycles. The van der Waals surface area contributed by atoms with Gasteiger partial charge in [0, 0.05) is 33.2 Å². The molecule has 10 aromatic rings. The Morgan fingerprint density at radius 2 is 1.04 bits per heavy atom. The molecule has 2 nitrogen and oxygen atoms in total. The van der Waals surface area contributed by atoms with Crippen LogP contribution in [0.5, 0.6) is 0 Å². The first-order valence-electron chi connectivity index (χ1n) is 16.6. The quantitative estimate of drug-likeness (QED) is 0.169.